The fourth-order valence-corrected chi connectivity index (χ4v) is 3.88. The summed E-state index contributed by atoms with van der Waals surface area (Å²) in [4.78, 5) is 13.5. The Labute approximate surface area is 173 Å². The predicted octanol–water partition coefficient (Wildman–Crippen LogP) is 4.30. The van der Waals surface area contributed by atoms with Crippen molar-refractivity contribution in [3.05, 3.63) is 40.2 Å². The second kappa shape index (κ2) is 7.16. The smallest absolute Gasteiger partial charge is 0.204 e. The first-order valence-electron chi connectivity index (χ1n) is 9.59. The fourth-order valence-electron chi connectivity index (χ4n) is 3.88. The Morgan fingerprint density at radius 3 is 2.40 bits per heavy atom. The third kappa shape index (κ3) is 3.10. The van der Waals surface area contributed by atoms with Gasteiger partial charge in [0.2, 0.25) is 5.43 Å². The summed E-state index contributed by atoms with van der Waals surface area (Å²) < 4.78 is 28.2. The number of hydrogen-bond acceptors (Lipinski definition) is 7. The largest absolute Gasteiger partial charge is 0.504 e. The van der Waals surface area contributed by atoms with E-state index in [9.17, 15) is 9.90 Å². The van der Waals surface area contributed by atoms with Crippen molar-refractivity contribution in [2.45, 2.75) is 32.3 Å². The lowest BCUT2D eigenvalue weighted by atomic mass is 9.92. The number of hydrogen-bond donors (Lipinski definition) is 1. The van der Waals surface area contributed by atoms with Crippen molar-refractivity contribution < 1.29 is 28.5 Å². The second-order valence-corrected chi connectivity index (χ2v) is 7.82. The molecule has 158 valence electrons. The molecule has 0 unspecified atom stereocenters. The van der Waals surface area contributed by atoms with Gasteiger partial charge in [-0.15, -0.1) is 0 Å². The zero-order chi connectivity index (χ0) is 21.6. The van der Waals surface area contributed by atoms with E-state index in [1.807, 2.05) is 13.8 Å². The van der Waals surface area contributed by atoms with E-state index in [2.05, 4.69) is 0 Å². The minimum atomic E-state index is -0.304. The molecule has 2 heterocycles. The van der Waals surface area contributed by atoms with Crippen LogP contribution in [0.25, 0.3) is 22.1 Å². The van der Waals surface area contributed by atoms with E-state index in [-0.39, 0.29) is 28.1 Å². The summed E-state index contributed by atoms with van der Waals surface area (Å²) in [6, 6.07) is 4.69. The molecular formula is C23H24O7. The van der Waals surface area contributed by atoms with Gasteiger partial charge in [0.25, 0.3) is 0 Å². The molecule has 3 aromatic rings. The molecule has 4 rings (SSSR count). The molecule has 1 N–H and O–H groups in total. The van der Waals surface area contributed by atoms with Crippen LogP contribution in [-0.4, -0.2) is 32.0 Å². The monoisotopic (exact) mass is 412 g/mol. The van der Waals surface area contributed by atoms with Gasteiger partial charge in [-0.3, -0.25) is 4.79 Å². The zero-order valence-electron chi connectivity index (χ0n) is 17.6. The van der Waals surface area contributed by atoms with Gasteiger partial charge in [-0.1, -0.05) is 0 Å². The van der Waals surface area contributed by atoms with Crippen molar-refractivity contribution in [3.63, 3.8) is 0 Å². The zero-order valence-corrected chi connectivity index (χ0v) is 17.6. The molecule has 0 radical (unpaired) electrons. The number of fused-ring (bicyclic) bond motifs is 2. The Balaban J connectivity index is 2.00. The summed E-state index contributed by atoms with van der Waals surface area (Å²) >= 11 is 0. The van der Waals surface area contributed by atoms with Crippen LogP contribution in [0, 0.1) is 0 Å². The summed E-state index contributed by atoms with van der Waals surface area (Å²) in [6.45, 7) is 4.05. The van der Waals surface area contributed by atoms with Crippen LogP contribution in [0.3, 0.4) is 0 Å². The number of rotatable bonds is 4. The minimum absolute atomic E-state index is 0.0882. The van der Waals surface area contributed by atoms with Crippen LogP contribution >= 0.6 is 0 Å². The van der Waals surface area contributed by atoms with Crippen molar-refractivity contribution in [2.24, 2.45) is 0 Å². The molecule has 30 heavy (non-hydrogen) atoms. The van der Waals surface area contributed by atoms with Crippen LogP contribution in [0.15, 0.2) is 33.7 Å². The maximum Gasteiger partial charge on any atom is 0.204 e. The number of aromatic hydroxyl groups is 1. The molecule has 1 aliphatic rings. The first-order valence-corrected chi connectivity index (χ1v) is 9.59. The Morgan fingerprint density at radius 1 is 1.00 bits per heavy atom. The van der Waals surface area contributed by atoms with Gasteiger partial charge >= 0.3 is 0 Å². The van der Waals surface area contributed by atoms with Gasteiger partial charge in [0.1, 0.15) is 40.1 Å². The number of phenolic OH excluding ortho intramolecular Hbond substituents is 1. The highest BCUT2D eigenvalue weighted by atomic mass is 16.5. The lowest BCUT2D eigenvalue weighted by Crippen LogP contribution is -2.32. The van der Waals surface area contributed by atoms with E-state index in [1.54, 1.807) is 12.1 Å². The van der Waals surface area contributed by atoms with Gasteiger partial charge in [-0.05, 0) is 32.8 Å². The molecule has 0 amide bonds. The molecular weight excluding hydrogens is 388 g/mol. The maximum atomic E-state index is 13.5. The quantitative estimate of drug-likeness (QED) is 0.684. The van der Waals surface area contributed by atoms with Crippen molar-refractivity contribution in [1.29, 1.82) is 0 Å². The Morgan fingerprint density at radius 2 is 1.73 bits per heavy atom. The second-order valence-electron chi connectivity index (χ2n) is 7.82. The van der Waals surface area contributed by atoms with Gasteiger partial charge in [0.05, 0.1) is 26.9 Å². The van der Waals surface area contributed by atoms with Crippen LogP contribution in [0.1, 0.15) is 25.8 Å². The first kappa shape index (κ1) is 19.9. The summed E-state index contributed by atoms with van der Waals surface area (Å²) in [6.07, 6.45) is 2.90. The predicted molar refractivity (Wildman–Crippen MR) is 112 cm³/mol. The average Bonchev–Trinajstić information content (AvgIpc) is 2.71. The number of methoxy groups -OCH3 is 3. The molecule has 0 saturated heterocycles. The third-order valence-electron chi connectivity index (χ3n) is 5.44. The molecule has 0 atom stereocenters. The summed E-state index contributed by atoms with van der Waals surface area (Å²) in [5, 5.41) is 10.4. The van der Waals surface area contributed by atoms with Crippen molar-refractivity contribution in [3.8, 4) is 39.9 Å². The molecule has 0 aliphatic carbocycles. The van der Waals surface area contributed by atoms with E-state index >= 15 is 0 Å². The highest BCUT2D eigenvalue weighted by molar-refractivity contribution is 5.91. The Bertz CT molecular complexity index is 1190. The SMILES string of the molecule is COc1cc(-c2coc3cc4c(c(OC)c3c2=O)CCC(C)(C)O4)c(OC)cc1O. The van der Waals surface area contributed by atoms with Crippen LogP contribution in [0.5, 0.6) is 28.7 Å². The standard InChI is InChI=1S/C23H24O7/c1-23(2)7-6-12-17(30-23)10-19-20(22(12)28-5)21(25)14(11-29-19)13-8-18(27-4)15(24)9-16(13)26-3/h8-11,24H,6-7H2,1-5H3. The highest BCUT2D eigenvalue weighted by Gasteiger charge is 2.31. The van der Waals surface area contributed by atoms with Gasteiger partial charge in [0.15, 0.2) is 11.5 Å². The molecule has 1 aliphatic heterocycles. The molecule has 0 fully saturated rings. The summed E-state index contributed by atoms with van der Waals surface area (Å²) in [5.74, 6) is 1.57. The molecule has 7 heteroatoms. The van der Waals surface area contributed by atoms with E-state index < -0.39 is 0 Å². The maximum absolute atomic E-state index is 13.5. The molecule has 0 spiro atoms. The average molecular weight is 412 g/mol. The topological polar surface area (TPSA) is 87.4 Å². The van der Waals surface area contributed by atoms with Crippen LogP contribution < -0.4 is 24.4 Å². The normalized spacial score (nSPS) is 14.7. The number of phenols is 1. The highest BCUT2D eigenvalue weighted by Crippen LogP contribution is 2.44. The molecule has 0 bridgehead atoms. The number of ether oxygens (including phenoxy) is 4. The van der Waals surface area contributed by atoms with E-state index in [0.29, 0.717) is 33.8 Å². The van der Waals surface area contributed by atoms with Crippen LogP contribution in [0.4, 0.5) is 0 Å². The van der Waals surface area contributed by atoms with Crippen LogP contribution in [0.2, 0.25) is 0 Å². The fraction of sp³-hybridized carbons (Fsp3) is 0.348. The number of benzene rings is 2. The Kier molecular flexibility index (Phi) is 4.76. The van der Waals surface area contributed by atoms with Gasteiger partial charge in [-0.25, -0.2) is 0 Å². The van der Waals surface area contributed by atoms with E-state index in [0.717, 1.165) is 18.4 Å². The summed E-state index contributed by atoms with van der Waals surface area (Å²) in [5.41, 5.74) is 1.37. The lowest BCUT2D eigenvalue weighted by Gasteiger charge is -2.33. The lowest BCUT2D eigenvalue weighted by molar-refractivity contribution is 0.0838. The minimum Gasteiger partial charge on any atom is -0.504 e. The first-order chi connectivity index (χ1) is 14.3. The van der Waals surface area contributed by atoms with Gasteiger partial charge in [-0.2, -0.15) is 0 Å². The van der Waals surface area contributed by atoms with Crippen molar-refractivity contribution >= 4 is 11.0 Å². The molecule has 0 saturated carbocycles. The van der Waals surface area contributed by atoms with Crippen LogP contribution in [-0.2, 0) is 6.42 Å². The third-order valence-corrected chi connectivity index (χ3v) is 5.44. The molecule has 7 nitrogen and oxygen atoms in total. The van der Waals surface area contributed by atoms with Crippen molar-refractivity contribution in [2.75, 3.05) is 21.3 Å². The molecule has 2 aromatic carbocycles. The van der Waals surface area contributed by atoms with Gasteiger partial charge in [0, 0.05) is 23.3 Å². The van der Waals surface area contributed by atoms with Gasteiger partial charge < -0.3 is 28.5 Å². The molecule has 1 aromatic heterocycles. The Hall–Kier alpha value is -3.35. The van der Waals surface area contributed by atoms with Crippen molar-refractivity contribution in [1.82, 2.24) is 0 Å². The summed E-state index contributed by atoms with van der Waals surface area (Å²) in [7, 11) is 4.43. The van der Waals surface area contributed by atoms with E-state index in [4.69, 9.17) is 23.4 Å². The van der Waals surface area contributed by atoms with E-state index in [1.165, 1.54) is 33.7 Å².